The summed E-state index contributed by atoms with van der Waals surface area (Å²) in [5.74, 6) is 0. The minimum atomic E-state index is 0. The topological polar surface area (TPSA) is 124 Å². The number of hydrogen-bond donors (Lipinski definition) is 2. The van der Waals surface area contributed by atoms with Gasteiger partial charge >= 0.3 is 59.1 Å². The van der Waals surface area contributed by atoms with Crippen LogP contribution in [0.25, 0.3) is 0 Å². The molecule has 0 bridgehead atoms. The molecule has 0 radical (unpaired) electrons. The van der Waals surface area contributed by atoms with Crippen LogP contribution in [0.15, 0.2) is 10.6 Å². The fourth-order valence-corrected chi connectivity index (χ4v) is 2.71. The Balaban J connectivity index is -0.00000312. The van der Waals surface area contributed by atoms with E-state index < -0.39 is 0 Å². The van der Waals surface area contributed by atoms with Crippen LogP contribution in [0.1, 0.15) is 78.1 Å². The summed E-state index contributed by atoms with van der Waals surface area (Å²) in [4.78, 5) is 0.506. The van der Waals surface area contributed by atoms with Crippen LogP contribution < -0.4 is 59.1 Å². The minimum Gasteiger partial charge on any atom is -0.569 e. The Morgan fingerprint density at radius 2 is 0.893 bits per heavy atom. The zero-order valence-electron chi connectivity index (χ0n) is 18.3. The Kier molecular flexibility index (Phi) is 27.2. The molecule has 12 heteroatoms. The first-order chi connectivity index (χ1) is 12.6. The van der Waals surface area contributed by atoms with Gasteiger partial charge in [0.05, 0.1) is 36.1 Å². The molecule has 0 spiro atoms. The van der Waals surface area contributed by atoms with Crippen LogP contribution in [0.3, 0.4) is 0 Å². The molecule has 154 valence electrons. The maximum absolute atomic E-state index is 11.5. The molecule has 0 aliphatic carbocycles. The molecule has 28 heavy (non-hydrogen) atoms. The fraction of sp³-hybridized carbons (Fsp3) is 1.00. The summed E-state index contributed by atoms with van der Waals surface area (Å²) >= 11 is 0. The molecule has 0 atom stereocenters. The standard InChI is InChI=1S/C16H36N6O4.2Na/c1-3-5-9-13-19(21(25)17-23)15-11-7-8-12-16-20(22(26)18-24)14-10-6-4-2;;/h23-24H,3-16H2,1-2H3;;/q;2*+1. The van der Waals surface area contributed by atoms with E-state index in [1.165, 1.54) is 10.0 Å². The van der Waals surface area contributed by atoms with Crippen molar-refractivity contribution in [3.8, 4) is 0 Å². The summed E-state index contributed by atoms with van der Waals surface area (Å²) in [6.45, 7) is 6.42. The molecular weight excluding hydrogens is 386 g/mol. The van der Waals surface area contributed by atoms with Gasteiger partial charge in [-0.05, 0) is 25.7 Å². The van der Waals surface area contributed by atoms with Crippen LogP contribution in [0.5, 0.6) is 0 Å². The van der Waals surface area contributed by atoms with Gasteiger partial charge in [0, 0.05) is 0 Å². The van der Waals surface area contributed by atoms with Gasteiger partial charge in [0.15, 0.2) is 0 Å². The molecule has 0 fully saturated rings. The fourth-order valence-electron chi connectivity index (χ4n) is 2.71. The predicted octanol–water partition coefficient (Wildman–Crippen LogP) is -1.93. The minimum absolute atomic E-state index is 0. The van der Waals surface area contributed by atoms with Crippen LogP contribution in [-0.4, -0.2) is 56.6 Å². The smallest absolute Gasteiger partial charge is 0.569 e. The van der Waals surface area contributed by atoms with Crippen molar-refractivity contribution in [2.45, 2.75) is 78.1 Å². The zero-order valence-corrected chi connectivity index (χ0v) is 22.3. The average Bonchev–Trinajstić information content (AvgIpc) is 2.66. The Labute approximate surface area is 213 Å². The SMILES string of the molecule is CCCCCN(CCCCCCN(CCCCC)[N+]([O-])=NO)[N+]([O-])=NO.[Na+].[Na+]. The van der Waals surface area contributed by atoms with E-state index in [1.54, 1.807) is 0 Å². The third-order valence-electron chi connectivity index (χ3n) is 4.26. The molecule has 0 aliphatic heterocycles. The van der Waals surface area contributed by atoms with Gasteiger partial charge in [-0.1, -0.05) is 52.4 Å². The molecular formula is C16H36N6Na2O4+2. The second kappa shape index (κ2) is 23.3. The van der Waals surface area contributed by atoms with Gasteiger partial charge in [-0.15, -0.1) is 10.0 Å². The molecule has 0 aromatic carbocycles. The average molecular weight is 422 g/mol. The first kappa shape index (κ1) is 32.7. The van der Waals surface area contributed by atoms with Crippen molar-refractivity contribution in [2.75, 3.05) is 26.2 Å². The van der Waals surface area contributed by atoms with Crippen LogP contribution in [-0.2, 0) is 0 Å². The molecule has 0 unspecified atom stereocenters. The number of rotatable bonds is 17. The van der Waals surface area contributed by atoms with E-state index in [4.69, 9.17) is 10.4 Å². The van der Waals surface area contributed by atoms with Crippen molar-refractivity contribution in [1.29, 1.82) is 0 Å². The summed E-state index contributed by atoms with van der Waals surface area (Å²) in [6.07, 6.45) is 9.40. The second-order valence-electron chi connectivity index (χ2n) is 6.42. The van der Waals surface area contributed by atoms with Gasteiger partial charge in [0.1, 0.15) is 0 Å². The monoisotopic (exact) mass is 422 g/mol. The molecule has 10 nitrogen and oxygen atoms in total. The maximum atomic E-state index is 11.5. The zero-order chi connectivity index (χ0) is 19.6. The van der Waals surface area contributed by atoms with E-state index in [0.717, 1.165) is 64.2 Å². The van der Waals surface area contributed by atoms with Gasteiger partial charge in [-0.25, -0.2) is 0 Å². The maximum Gasteiger partial charge on any atom is 1.00 e. The first-order valence-electron chi connectivity index (χ1n) is 9.74. The Morgan fingerprint density at radius 1 is 0.607 bits per heavy atom. The normalized spacial score (nSPS) is 11.5. The van der Waals surface area contributed by atoms with Crippen molar-refractivity contribution in [3.63, 3.8) is 0 Å². The number of hydrazine groups is 2. The number of nitrogens with zero attached hydrogens (tertiary/aromatic N) is 6. The first-order valence-corrected chi connectivity index (χ1v) is 9.74. The number of unbranched alkanes of at least 4 members (excludes halogenated alkanes) is 7. The molecule has 0 rings (SSSR count). The van der Waals surface area contributed by atoms with Gasteiger partial charge in [-0.2, -0.15) is 0 Å². The second-order valence-corrected chi connectivity index (χ2v) is 6.42. The summed E-state index contributed by atoms with van der Waals surface area (Å²) < 4.78 is 0. The molecule has 0 heterocycles. The van der Waals surface area contributed by atoms with Gasteiger partial charge in [0.2, 0.25) is 10.6 Å². The Hall–Kier alpha value is 0.000000000000000222. The largest absolute Gasteiger partial charge is 1.00 e. The van der Waals surface area contributed by atoms with Crippen molar-refractivity contribution in [1.82, 2.24) is 10.0 Å². The molecule has 0 aromatic heterocycles. The summed E-state index contributed by atoms with van der Waals surface area (Å²) in [7, 11) is 0. The molecule has 0 aliphatic rings. The quantitative estimate of drug-likeness (QED) is 0.0925. The van der Waals surface area contributed by atoms with Crippen molar-refractivity contribution in [3.05, 3.63) is 10.4 Å². The van der Waals surface area contributed by atoms with Crippen LogP contribution in [0, 0.1) is 10.4 Å². The molecule has 0 amide bonds. The molecule has 0 aromatic rings. The van der Waals surface area contributed by atoms with Crippen LogP contribution in [0.4, 0.5) is 0 Å². The van der Waals surface area contributed by atoms with Gasteiger partial charge in [0.25, 0.3) is 0 Å². The Bertz CT molecular complexity index is 369. The number of hydrogen-bond acceptors (Lipinski definition) is 4. The van der Waals surface area contributed by atoms with Gasteiger partial charge in [-0.3, -0.25) is 0 Å². The van der Waals surface area contributed by atoms with E-state index in [9.17, 15) is 10.4 Å². The Morgan fingerprint density at radius 3 is 1.14 bits per heavy atom. The third kappa shape index (κ3) is 16.9. The van der Waals surface area contributed by atoms with Gasteiger partial charge < -0.3 is 20.8 Å². The summed E-state index contributed by atoms with van der Waals surface area (Å²) in [5.41, 5.74) is 0. The predicted molar refractivity (Wildman–Crippen MR) is 96.3 cm³/mol. The van der Waals surface area contributed by atoms with E-state index >= 15 is 0 Å². The van der Waals surface area contributed by atoms with E-state index in [1.807, 2.05) is 0 Å². The van der Waals surface area contributed by atoms with Crippen LogP contribution >= 0.6 is 0 Å². The molecule has 0 saturated carbocycles. The van der Waals surface area contributed by atoms with Crippen LogP contribution in [0.2, 0.25) is 0 Å². The van der Waals surface area contributed by atoms with E-state index in [0.29, 0.717) is 26.2 Å². The molecule has 0 saturated heterocycles. The summed E-state index contributed by atoms with van der Waals surface area (Å²) in [5, 5.41) is 48.7. The van der Waals surface area contributed by atoms with E-state index in [-0.39, 0.29) is 69.1 Å². The third-order valence-corrected chi connectivity index (χ3v) is 4.26. The van der Waals surface area contributed by atoms with E-state index in [2.05, 4.69) is 24.4 Å². The van der Waals surface area contributed by atoms with Crippen molar-refractivity contribution >= 4 is 0 Å². The summed E-state index contributed by atoms with van der Waals surface area (Å²) in [6, 6.07) is 0. The van der Waals surface area contributed by atoms with Crippen molar-refractivity contribution < 1.29 is 79.5 Å². The van der Waals surface area contributed by atoms with Crippen molar-refractivity contribution in [2.24, 2.45) is 10.6 Å². The molecule has 2 N–H and O–H groups in total.